The van der Waals surface area contributed by atoms with Gasteiger partial charge in [0.05, 0.1) is 25.5 Å². The van der Waals surface area contributed by atoms with Crippen LogP contribution in [0.3, 0.4) is 0 Å². The number of aromatic nitrogens is 1. The van der Waals surface area contributed by atoms with Crippen molar-refractivity contribution < 1.29 is 27.9 Å². The maximum absolute atomic E-state index is 13.4. The molecular formula is C28H37N3O6S. The summed E-state index contributed by atoms with van der Waals surface area (Å²) in [5, 5.41) is 17.2. The van der Waals surface area contributed by atoms with Crippen LogP contribution in [0.2, 0.25) is 0 Å². The molecule has 0 aliphatic heterocycles. The highest BCUT2D eigenvalue weighted by molar-refractivity contribution is 7.90. The topological polar surface area (TPSA) is 135 Å². The zero-order valence-electron chi connectivity index (χ0n) is 22.1. The van der Waals surface area contributed by atoms with E-state index >= 15 is 0 Å². The number of nitrogens with one attached hydrogen (secondary N) is 2. The molecule has 1 aromatic heterocycles. The fourth-order valence-electron chi connectivity index (χ4n) is 5.85. The molecular weight excluding hydrogens is 506 g/mol. The minimum atomic E-state index is -3.79. The molecule has 3 N–H and O–H groups in total. The molecule has 4 rings (SSSR count). The third kappa shape index (κ3) is 6.53. The van der Waals surface area contributed by atoms with Gasteiger partial charge in [-0.25, -0.2) is 8.42 Å². The molecule has 6 unspecified atom stereocenters. The van der Waals surface area contributed by atoms with Crippen molar-refractivity contribution in [3.63, 3.8) is 0 Å². The number of hydrogen-bond donors (Lipinski definition) is 3. The fraction of sp³-hybridized carbons (Fsp3) is 0.536. The van der Waals surface area contributed by atoms with Crippen LogP contribution in [0, 0.1) is 17.8 Å². The van der Waals surface area contributed by atoms with E-state index in [0.717, 1.165) is 30.9 Å². The average molecular weight is 544 g/mol. The van der Waals surface area contributed by atoms with E-state index < -0.39 is 33.8 Å². The van der Waals surface area contributed by atoms with Crippen molar-refractivity contribution in [2.24, 2.45) is 17.8 Å². The average Bonchev–Trinajstić information content (AvgIpc) is 3.51. The van der Waals surface area contributed by atoms with Gasteiger partial charge in [0.2, 0.25) is 5.91 Å². The summed E-state index contributed by atoms with van der Waals surface area (Å²) in [5.74, 6) is -0.00661. The third-order valence-electron chi connectivity index (χ3n) is 7.91. The van der Waals surface area contributed by atoms with E-state index in [1.807, 2.05) is 30.3 Å². The van der Waals surface area contributed by atoms with Gasteiger partial charge < -0.3 is 20.5 Å². The lowest BCUT2D eigenvalue weighted by molar-refractivity contribution is -0.126. The molecule has 2 fully saturated rings. The van der Waals surface area contributed by atoms with Crippen LogP contribution in [0.1, 0.15) is 54.9 Å². The lowest BCUT2D eigenvalue weighted by atomic mass is 9.92. The quantitative estimate of drug-likeness (QED) is 0.396. The van der Waals surface area contributed by atoms with Crippen LogP contribution in [0.5, 0.6) is 5.75 Å². The maximum atomic E-state index is 13.4. The Hall–Kier alpha value is -2.98. The molecule has 9 nitrogen and oxygen atoms in total. The number of methoxy groups -OCH3 is 1. The predicted octanol–water partition coefficient (Wildman–Crippen LogP) is 2.53. The Morgan fingerprint density at radius 2 is 1.89 bits per heavy atom. The number of nitrogens with zero attached hydrogens (tertiary/aromatic N) is 1. The van der Waals surface area contributed by atoms with Gasteiger partial charge in [-0.2, -0.15) is 0 Å². The molecule has 2 aromatic rings. The Labute approximate surface area is 224 Å². The molecule has 2 aliphatic rings. The number of carbonyl (C=O) groups excluding carboxylic acids is 2. The fourth-order valence-corrected chi connectivity index (χ4v) is 6.67. The second-order valence-electron chi connectivity index (χ2n) is 10.8. The molecule has 10 heteroatoms. The van der Waals surface area contributed by atoms with Crippen molar-refractivity contribution in [2.75, 3.05) is 13.4 Å². The van der Waals surface area contributed by atoms with Crippen LogP contribution in [0.4, 0.5) is 0 Å². The first-order chi connectivity index (χ1) is 18.1. The molecule has 6 atom stereocenters. The van der Waals surface area contributed by atoms with Crippen molar-refractivity contribution in [1.82, 2.24) is 15.6 Å². The lowest BCUT2D eigenvalue weighted by Crippen LogP contribution is -2.47. The van der Waals surface area contributed by atoms with Crippen LogP contribution in [-0.2, 0) is 21.1 Å². The minimum Gasteiger partial charge on any atom is -0.494 e. The number of sulfone groups is 1. The lowest BCUT2D eigenvalue weighted by Gasteiger charge is -2.28. The summed E-state index contributed by atoms with van der Waals surface area (Å²) in [6, 6.07) is 8.77. The Kier molecular flexibility index (Phi) is 8.72. The van der Waals surface area contributed by atoms with Gasteiger partial charge in [-0.05, 0) is 49.5 Å². The number of carbonyl (C=O) groups is 2. The number of benzene rings is 1. The molecule has 206 valence electrons. The summed E-state index contributed by atoms with van der Waals surface area (Å²) in [7, 11) is -2.46. The van der Waals surface area contributed by atoms with E-state index in [0.29, 0.717) is 11.8 Å². The number of fused-ring (bicyclic) bond motifs is 2. The van der Waals surface area contributed by atoms with Gasteiger partial charge in [0.1, 0.15) is 10.5 Å². The standard InChI is InChI=1S/C28H37N3O6S/c1-17(27(33)30-21-14-19-9-10-20(21)12-19)11-23(32)22(13-18-7-5-4-6-8-18)31-28(34)26-24(37-2)15-29-16-25(26)38(3,35)36/h4-8,15-17,19-23,32H,9-14H2,1-3H3,(H,30,33)(H,31,34). The smallest absolute Gasteiger partial charge is 0.256 e. The molecule has 0 spiro atoms. The van der Waals surface area contributed by atoms with Crippen molar-refractivity contribution in [3.05, 3.63) is 53.9 Å². The first-order valence-corrected chi connectivity index (χ1v) is 15.0. The van der Waals surface area contributed by atoms with Gasteiger partial charge in [0.15, 0.2) is 15.6 Å². The van der Waals surface area contributed by atoms with E-state index in [9.17, 15) is 23.1 Å². The molecule has 2 saturated carbocycles. The minimum absolute atomic E-state index is 0.0111. The summed E-state index contributed by atoms with van der Waals surface area (Å²) < 4.78 is 30.0. The van der Waals surface area contributed by atoms with Gasteiger partial charge in [0, 0.05) is 24.4 Å². The summed E-state index contributed by atoms with van der Waals surface area (Å²) in [5.41, 5.74) is 0.707. The third-order valence-corrected chi connectivity index (χ3v) is 9.02. The highest BCUT2D eigenvalue weighted by atomic mass is 32.2. The number of ether oxygens (including phenoxy) is 1. The Morgan fingerprint density at radius 3 is 2.50 bits per heavy atom. The summed E-state index contributed by atoms with van der Waals surface area (Å²) in [4.78, 5) is 30.0. The van der Waals surface area contributed by atoms with Gasteiger partial charge in [0.25, 0.3) is 5.91 Å². The van der Waals surface area contributed by atoms with Gasteiger partial charge in [-0.1, -0.05) is 43.7 Å². The Balaban J connectivity index is 1.51. The monoisotopic (exact) mass is 543 g/mol. The molecule has 0 radical (unpaired) electrons. The largest absolute Gasteiger partial charge is 0.494 e. The zero-order valence-corrected chi connectivity index (χ0v) is 22.9. The molecule has 38 heavy (non-hydrogen) atoms. The maximum Gasteiger partial charge on any atom is 0.256 e. The van der Waals surface area contributed by atoms with E-state index in [1.165, 1.54) is 26.1 Å². The Morgan fingerprint density at radius 1 is 1.16 bits per heavy atom. The van der Waals surface area contributed by atoms with Gasteiger partial charge in [-0.15, -0.1) is 0 Å². The summed E-state index contributed by atoms with van der Waals surface area (Å²) >= 11 is 0. The first kappa shape index (κ1) is 28.0. The van der Waals surface area contributed by atoms with Gasteiger partial charge >= 0.3 is 0 Å². The van der Waals surface area contributed by atoms with Crippen molar-refractivity contribution in [3.8, 4) is 5.75 Å². The van der Waals surface area contributed by atoms with Crippen LogP contribution in [0.25, 0.3) is 0 Å². The second kappa shape index (κ2) is 11.8. The van der Waals surface area contributed by atoms with Crippen molar-refractivity contribution >= 4 is 21.7 Å². The highest BCUT2D eigenvalue weighted by Gasteiger charge is 2.40. The number of amides is 2. The summed E-state index contributed by atoms with van der Waals surface area (Å²) in [6.07, 6.45) is 7.34. The molecule has 0 saturated heterocycles. The second-order valence-corrected chi connectivity index (χ2v) is 12.7. The highest BCUT2D eigenvalue weighted by Crippen LogP contribution is 2.44. The van der Waals surface area contributed by atoms with E-state index in [-0.39, 0.29) is 41.0 Å². The number of pyridine rings is 1. The molecule has 1 aromatic carbocycles. The van der Waals surface area contributed by atoms with E-state index in [4.69, 9.17) is 4.74 Å². The molecule has 2 amide bonds. The SMILES string of the molecule is COc1cncc(S(C)(=O)=O)c1C(=O)NC(Cc1ccccc1)C(O)CC(C)C(=O)NC1CC2CCC1C2. The number of rotatable bonds is 11. The van der Waals surface area contributed by atoms with Gasteiger partial charge in [-0.3, -0.25) is 14.6 Å². The Bertz CT molecular complexity index is 1250. The van der Waals surface area contributed by atoms with Crippen molar-refractivity contribution in [2.45, 2.75) is 68.5 Å². The van der Waals surface area contributed by atoms with Crippen LogP contribution in [0.15, 0.2) is 47.6 Å². The van der Waals surface area contributed by atoms with E-state index in [1.54, 1.807) is 6.92 Å². The van der Waals surface area contributed by atoms with Crippen LogP contribution >= 0.6 is 0 Å². The number of aliphatic hydroxyl groups excluding tert-OH is 1. The zero-order chi connectivity index (χ0) is 27.4. The number of hydrogen-bond acceptors (Lipinski definition) is 7. The molecule has 2 aliphatic carbocycles. The van der Waals surface area contributed by atoms with Crippen molar-refractivity contribution in [1.29, 1.82) is 0 Å². The first-order valence-electron chi connectivity index (χ1n) is 13.1. The molecule has 2 bridgehead atoms. The normalized spacial score (nSPS) is 22.9. The van der Waals surface area contributed by atoms with Crippen LogP contribution in [-0.4, -0.2) is 61.9 Å². The molecule has 1 heterocycles. The summed E-state index contributed by atoms with van der Waals surface area (Å²) in [6.45, 7) is 1.78. The van der Waals surface area contributed by atoms with E-state index in [2.05, 4.69) is 15.6 Å². The number of aliphatic hydroxyl groups is 1. The predicted molar refractivity (Wildman–Crippen MR) is 142 cm³/mol. The van der Waals surface area contributed by atoms with Crippen LogP contribution < -0.4 is 15.4 Å².